The van der Waals surface area contributed by atoms with E-state index in [1.807, 2.05) is 33.9 Å². The third-order valence-corrected chi connectivity index (χ3v) is 13.1. The van der Waals surface area contributed by atoms with Gasteiger partial charge in [-0.3, -0.25) is 24.0 Å². The lowest BCUT2D eigenvalue weighted by molar-refractivity contribution is -0.142. The summed E-state index contributed by atoms with van der Waals surface area (Å²) in [5.74, 6) is -4.43. The van der Waals surface area contributed by atoms with E-state index in [1.165, 1.54) is 103 Å². The summed E-state index contributed by atoms with van der Waals surface area (Å²) in [6, 6.07) is -5.75. The number of aliphatic carboxylic acids is 2. The second-order valence-electron chi connectivity index (χ2n) is 21.5. The Morgan fingerprint density at radius 1 is 0.250 bits per heavy atom. The van der Waals surface area contributed by atoms with Gasteiger partial charge in [-0.25, -0.2) is 4.79 Å². The highest BCUT2D eigenvalue weighted by Crippen LogP contribution is 2.10. The number of unbranched alkanes of at least 4 members (excludes halogenated alkanes) is 17. The maximum atomic E-state index is 13.6. The van der Waals surface area contributed by atoms with E-state index in [9.17, 15) is 33.9 Å². The van der Waals surface area contributed by atoms with Crippen LogP contribution in [0.2, 0.25) is 0 Å². The summed E-state index contributed by atoms with van der Waals surface area (Å²) in [6.07, 6.45) is 29.9. The first kappa shape index (κ1) is 134. The van der Waals surface area contributed by atoms with E-state index in [2.05, 4.69) is 62.8 Å². The summed E-state index contributed by atoms with van der Waals surface area (Å²) in [7, 11) is 0. The fourth-order valence-corrected chi connectivity index (χ4v) is 7.48. The molecule has 610 valence electrons. The zero-order valence-electron chi connectivity index (χ0n) is 64.3. The van der Waals surface area contributed by atoms with Gasteiger partial charge < -0.3 is 149 Å². The van der Waals surface area contributed by atoms with E-state index in [0.717, 1.165) is 45.4 Å². The Hall–Kier alpha value is -5.47. The van der Waals surface area contributed by atoms with Gasteiger partial charge >= 0.3 is 11.9 Å². The number of nitrogens with one attached hydrogen (secondary N) is 4. The van der Waals surface area contributed by atoms with Gasteiger partial charge in [-0.1, -0.05) is 131 Å². The van der Waals surface area contributed by atoms with Crippen LogP contribution in [-0.2, 0) is 52.7 Å². The number of carboxylic acid groups (broad SMARTS) is 2. The average molecular weight is 1460 g/mol. The molecule has 42 N–H and O–H groups in total. The Labute approximate surface area is 606 Å². The number of hydrogen-bond acceptors (Lipinski definition) is 27. The summed E-state index contributed by atoms with van der Waals surface area (Å²) in [6.45, 7) is 29.2. The van der Waals surface area contributed by atoms with Crippen LogP contribution < -0.4 is 115 Å². The van der Waals surface area contributed by atoms with Gasteiger partial charge in [0.25, 0.3) is 0 Å². The SMILES string of the molecule is C=O.C=O.C=O.C=O.C=O.CCCCCC.CCCCCN.CCCCCN.CCCCCN.CCCCCN.N.N.N.N.NCCCCC(N)C(=O)NC(CCCCN)C(=O)NC(CCCCN)C(=O)NC(CCCCN)C(=O)NC(CCCCN)C(=O)O.NCCCCC(N)C(=O)O. The standard InChI is InChI=1S/C30H62N10O6.C6H14N2O2.C6H14.4C5H13N.5CH2O.4H3N/c31-16-6-1-11-21(36)26(41)37-22(12-2-7-17-32)27(42)38-23(13-3-8-18-33)28(43)39-24(14-4-9-19-34)29(44)40-25(30(45)46)15-5-10-20-35;7-4-2-1-3-5(8)6(9)10;1-3-5-6-4-2;4*1-2-3-4-5-6;5*1-2;;;;/h21-25H,1-20,31-36H2,(H,37,41)(H,38,42)(H,39,43)(H,40,44)(H,45,46);5H,1-4,7-8H2,(H,9,10);3-6H2,1-2H3;4*2-6H2,1H3;5*1H2;4*1H3. The molecule has 33 nitrogen and oxygen atoms in total. The number of carbonyl (C=O) groups excluding carboxylic acids is 9. The Kier molecular flexibility index (Phi) is 174. The molecule has 6 atom stereocenters. The first-order valence-electron chi connectivity index (χ1n) is 34.9. The molecule has 0 aliphatic rings. The molecule has 0 fully saturated rings. The molecule has 33 heteroatoms. The predicted octanol–water partition coefficient (Wildman–Crippen LogP) is 4.36. The van der Waals surface area contributed by atoms with Crippen molar-refractivity contribution in [3.05, 3.63) is 0 Å². The zero-order chi connectivity index (χ0) is 76.9. The maximum absolute atomic E-state index is 13.6. The minimum Gasteiger partial charge on any atom is -0.480 e. The summed E-state index contributed by atoms with van der Waals surface area (Å²) >= 11 is 0. The molecule has 6 unspecified atom stereocenters. The second-order valence-corrected chi connectivity index (χ2v) is 21.5. The van der Waals surface area contributed by atoms with Gasteiger partial charge in [-0.15, -0.1) is 0 Å². The van der Waals surface area contributed by atoms with Gasteiger partial charge in [0.15, 0.2) is 0 Å². The summed E-state index contributed by atoms with van der Waals surface area (Å²) in [5.41, 5.74) is 65.3. The maximum Gasteiger partial charge on any atom is 0.326 e. The minimum atomic E-state index is -1.19. The quantitative estimate of drug-likeness (QED) is 0.0376. The molecule has 4 amide bonds. The summed E-state index contributed by atoms with van der Waals surface area (Å²) < 4.78 is 0. The van der Waals surface area contributed by atoms with Crippen LogP contribution in [0.25, 0.3) is 0 Å². The largest absolute Gasteiger partial charge is 0.480 e. The second kappa shape index (κ2) is 130. The number of carboxylic acids is 2. The lowest BCUT2D eigenvalue weighted by Crippen LogP contribution is -2.58. The number of rotatable bonds is 49. The Morgan fingerprint density at radius 2 is 0.410 bits per heavy atom. The number of hydrogen-bond donors (Lipinski definition) is 22. The van der Waals surface area contributed by atoms with Gasteiger partial charge in [0.1, 0.15) is 64.2 Å². The van der Waals surface area contributed by atoms with Crippen molar-refractivity contribution in [2.24, 2.45) is 68.8 Å². The van der Waals surface area contributed by atoms with E-state index in [1.54, 1.807) is 0 Å². The molecule has 0 aromatic rings. The van der Waals surface area contributed by atoms with Crippen LogP contribution in [0.5, 0.6) is 0 Å². The van der Waals surface area contributed by atoms with Crippen molar-refractivity contribution in [1.29, 1.82) is 0 Å². The van der Waals surface area contributed by atoms with Crippen molar-refractivity contribution in [2.45, 2.75) is 296 Å². The zero-order valence-corrected chi connectivity index (χ0v) is 64.3. The minimum absolute atomic E-state index is 0. The van der Waals surface area contributed by atoms with E-state index in [-0.39, 0.29) is 50.3 Å². The molecule has 0 aromatic carbocycles. The smallest absolute Gasteiger partial charge is 0.326 e. The van der Waals surface area contributed by atoms with E-state index in [0.29, 0.717) is 110 Å². The topological polar surface area (TPSA) is 729 Å². The number of nitrogens with two attached hydrogens (primary N) is 12. The van der Waals surface area contributed by atoms with Crippen LogP contribution in [0.3, 0.4) is 0 Å². The van der Waals surface area contributed by atoms with E-state index < -0.39 is 71.8 Å². The molecule has 0 spiro atoms. The molecule has 100 heavy (non-hydrogen) atoms. The van der Waals surface area contributed by atoms with Crippen molar-refractivity contribution in [1.82, 2.24) is 45.9 Å². The molecule has 0 bridgehead atoms. The van der Waals surface area contributed by atoms with Crippen LogP contribution in [0.4, 0.5) is 0 Å². The molecule has 0 radical (unpaired) electrons. The van der Waals surface area contributed by atoms with Crippen LogP contribution >= 0.6 is 0 Å². The fourth-order valence-electron chi connectivity index (χ4n) is 7.48. The van der Waals surface area contributed by atoms with Crippen molar-refractivity contribution in [3.63, 3.8) is 0 Å². The molecule has 0 aliphatic carbocycles. The van der Waals surface area contributed by atoms with Crippen molar-refractivity contribution in [3.8, 4) is 0 Å². The molecule has 0 heterocycles. The molecule has 0 aliphatic heterocycles. The Balaban J connectivity index is -0.0000000750. The highest BCUT2D eigenvalue weighted by Gasteiger charge is 2.31. The lowest BCUT2D eigenvalue weighted by atomic mass is 10.0. The van der Waals surface area contributed by atoms with Gasteiger partial charge in [0, 0.05) is 0 Å². The highest BCUT2D eigenvalue weighted by molar-refractivity contribution is 5.95. The van der Waals surface area contributed by atoms with E-state index >= 15 is 0 Å². The monoisotopic (exact) mass is 1460 g/mol. The lowest BCUT2D eigenvalue weighted by Gasteiger charge is -2.26. The van der Waals surface area contributed by atoms with Gasteiger partial charge in [0.2, 0.25) is 23.6 Å². The van der Waals surface area contributed by atoms with E-state index in [4.69, 9.17) is 97.9 Å². The molecule has 0 saturated carbocycles. The molecule has 0 rings (SSSR count). The molecule has 0 aromatic heterocycles. The predicted molar refractivity (Wildman–Crippen MR) is 416 cm³/mol. The summed E-state index contributed by atoms with van der Waals surface area (Å²) in [5, 5.41) is 28.7. The van der Waals surface area contributed by atoms with Crippen molar-refractivity contribution in [2.75, 3.05) is 65.4 Å². The first-order chi connectivity index (χ1) is 46.3. The highest BCUT2D eigenvalue weighted by atomic mass is 16.4. The normalized spacial score (nSPS) is 10.8. The Bertz CT molecular complexity index is 1460. The number of amides is 4. The summed E-state index contributed by atoms with van der Waals surface area (Å²) in [4.78, 5) is 115. The molecular weight excluding hydrogens is 1290 g/mol. The van der Waals surface area contributed by atoms with Gasteiger partial charge in [0.05, 0.1) is 6.04 Å². The van der Waals surface area contributed by atoms with Gasteiger partial charge in [-0.2, -0.15) is 0 Å². The molecule has 0 saturated heterocycles. The Morgan fingerprint density at radius 3 is 0.590 bits per heavy atom. The average Bonchev–Trinajstić information content (AvgIpc) is 0.875. The third kappa shape index (κ3) is 123. The third-order valence-electron chi connectivity index (χ3n) is 13.1. The van der Waals surface area contributed by atoms with Crippen molar-refractivity contribution >= 4 is 69.5 Å². The van der Waals surface area contributed by atoms with Crippen LogP contribution in [-0.4, -0.2) is 181 Å². The first-order valence-corrected chi connectivity index (χ1v) is 34.9. The van der Waals surface area contributed by atoms with Crippen LogP contribution in [0, 0.1) is 0 Å². The van der Waals surface area contributed by atoms with Crippen LogP contribution in [0.1, 0.15) is 260 Å². The van der Waals surface area contributed by atoms with Gasteiger partial charge in [-0.05, 0) is 194 Å². The fraction of sp³-hybridized carbons (Fsp3) is 0.836. The number of carbonyl (C=O) groups is 11. The van der Waals surface area contributed by atoms with Crippen LogP contribution in [0.15, 0.2) is 0 Å². The molecular formula is C67H164N20O13. The van der Waals surface area contributed by atoms with Crippen molar-refractivity contribution < 1.29 is 63.0 Å².